The third kappa shape index (κ3) is 5.68. The largest absolute Gasteiger partial charge is 0.275 e. The number of hydrogen-bond acceptors (Lipinski definition) is 2. The molecule has 0 atom stereocenters. The van der Waals surface area contributed by atoms with Crippen LogP contribution in [0, 0.1) is 34.6 Å². The van der Waals surface area contributed by atoms with Crippen LogP contribution in [0.3, 0.4) is 0 Å². The summed E-state index contributed by atoms with van der Waals surface area (Å²) in [6, 6.07) is 47.9. The van der Waals surface area contributed by atoms with Crippen LogP contribution in [0.1, 0.15) is 27.8 Å². The van der Waals surface area contributed by atoms with Crippen molar-refractivity contribution in [3.8, 4) is 61.8 Å². The zero-order valence-corrected chi connectivity index (χ0v) is 27.0. The molecule has 7 aromatic rings. The molecule has 0 unspecified atom stereocenters. The number of benzene rings is 6. The number of aromatic nitrogens is 3. The molecule has 0 bridgehead atoms. The summed E-state index contributed by atoms with van der Waals surface area (Å²) in [7, 11) is 0. The van der Waals surface area contributed by atoms with E-state index in [0.717, 1.165) is 39.6 Å². The zero-order valence-electron chi connectivity index (χ0n) is 27.0. The first kappa shape index (κ1) is 29.2. The second kappa shape index (κ2) is 12.1. The van der Waals surface area contributed by atoms with Crippen LogP contribution in [0.15, 0.2) is 133 Å². The van der Waals surface area contributed by atoms with Crippen LogP contribution < -0.4 is 0 Å². The molecule has 0 aliphatic rings. The lowest BCUT2D eigenvalue weighted by molar-refractivity contribution is 1.07. The van der Waals surface area contributed by atoms with E-state index in [1.165, 1.54) is 50.1 Å². The molecule has 0 saturated carbocycles. The van der Waals surface area contributed by atoms with Crippen molar-refractivity contribution >= 4 is 0 Å². The second-order valence-electron chi connectivity index (χ2n) is 12.4. The van der Waals surface area contributed by atoms with Crippen LogP contribution in [0.2, 0.25) is 0 Å². The van der Waals surface area contributed by atoms with Gasteiger partial charge in [-0.05, 0) is 92.3 Å². The minimum Gasteiger partial charge on any atom is -0.275 e. The second-order valence-corrected chi connectivity index (χ2v) is 12.4. The van der Waals surface area contributed by atoms with E-state index in [-0.39, 0.29) is 0 Å². The molecule has 1 heterocycles. The van der Waals surface area contributed by atoms with E-state index in [1.54, 1.807) is 0 Å². The van der Waals surface area contributed by atoms with Crippen LogP contribution >= 0.6 is 0 Å². The maximum Gasteiger partial charge on any atom is 0.169 e. The van der Waals surface area contributed by atoms with E-state index in [0.29, 0.717) is 0 Å². The van der Waals surface area contributed by atoms with Crippen LogP contribution in [0.4, 0.5) is 0 Å². The summed E-state index contributed by atoms with van der Waals surface area (Å²) in [6.45, 7) is 10.8. The lowest BCUT2D eigenvalue weighted by atomic mass is 9.92. The molecule has 3 heteroatoms. The van der Waals surface area contributed by atoms with Gasteiger partial charge >= 0.3 is 0 Å². The Bertz CT molecular complexity index is 2150. The van der Waals surface area contributed by atoms with Gasteiger partial charge in [0.05, 0.1) is 0 Å². The van der Waals surface area contributed by atoms with Gasteiger partial charge in [-0.1, -0.05) is 137 Å². The number of para-hydroxylation sites is 1. The molecule has 1 aromatic heterocycles. The van der Waals surface area contributed by atoms with Crippen molar-refractivity contribution in [1.29, 1.82) is 0 Å². The highest BCUT2D eigenvalue weighted by molar-refractivity contribution is 5.88. The quantitative estimate of drug-likeness (QED) is 0.191. The fraction of sp³-hybridized carbons (Fsp3) is 0.116. The highest BCUT2D eigenvalue weighted by atomic mass is 15.3. The summed E-state index contributed by atoms with van der Waals surface area (Å²) in [5.41, 5.74) is 16.2. The third-order valence-corrected chi connectivity index (χ3v) is 8.53. The molecule has 224 valence electrons. The Hall–Kier alpha value is -5.54. The summed E-state index contributed by atoms with van der Waals surface area (Å²) in [6.07, 6.45) is 0. The SMILES string of the molecule is Cc1cc(C)cc(-c2cc(C)ccc2-c2nnc(-c3ccc(-c4ccccc4)cc3-c3cc(C)cc(C)c3)n2-c2ccccc2)c1. The first-order valence-corrected chi connectivity index (χ1v) is 15.8. The lowest BCUT2D eigenvalue weighted by Crippen LogP contribution is -2.02. The Kier molecular flexibility index (Phi) is 7.68. The molecule has 46 heavy (non-hydrogen) atoms. The molecule has 6 aromatic carbocycles. The highest BCUT2D eigenvalue weighted by Crippen LogP contribution is 2.40. The van der Waals surface area contributed by atoms with Gasteiger partial charge in [0.25, 0.3) is 0 Å². The molecule has 7 rings (SSSR count). The van der Waals surface area contributed by atoms with Crippen molar-refractivity contribution in [2.24, 2.45) is 0 Å². The Morgan fingerprint density at radius 1 is 0.348 bits per heavy atom. The van der Waals surface area contributed by atoms with E-state index < -0.39 is 0 Å². The average molecular weight is 596 g/mol. The van der Waals surface area contributed by atoms with Crippen LogP contribution in [0.5, 0.6) is 0 Å². The minimum absolute atomic E-state index is 0.807. The molecular formula is C43H37N3. The van der Waals surface area contributed by atoms with E-state index in [1.807, 2.05) is 0 Å². The molecule has 0 N–H and O–H groups in total. The Labute approximate surface area is 271 Å². The summed E-state index contributed by atoms with van der Waals surface area (Å²) in [4.78, 5) is 0. The van der Waals surface area contributed by atoms with Gasteiger partial charge in [-0.2, -0.15) is 0 Å². The predicted molar refractivity (Wildman–Crippen MR) is 192 cm³/mol. The molecule has 0 amide bonds. The number of aryl methyl sites for hydroxylation is 5. The van der Waals surface area contributed by atoms with E-state index >= 15 is 0 Å². The summed E-state index contributed by atoms with van der Waals surface area (Å²) in [5.74, 6) is 1.62. The fourth-order valence-corrected chi connectivity index (χ4v) is 6.60. The van der Waals surface area contributed by atoms with Crippen molar-refractivity contribution in [3.63, 3.8) is 0 Å². The summed E-state index contributed by atoms with van der Waals surface area (Å²) in [5, 5.41) is 9.94. The predicted octanol–water partition coefficient (Wildman–Crippen LogP) is 11.1. The normalized spacial score (nSPS) is 11.2. The van der Waals surface area contributed by atoms with E-state index in [4.69, 9.17) is 10.2 Å². The van der Waals surface area contributed by atoms with Crippen molar-refractivity contribution in [2.75, 3.05) is 0 Å². The van der Waals surface area contributed by atoms with Gasteiger partial charge < -0.3 is 0 Å². The molecule has 0 radical (unpaired) electrons. The fourth-order valence-electron chi connectivity index (χ4n) is 6.60. The zero-order chi connectivity index (χ0) is 31.8. The molecule has 0 spiro atoms. The van der Waals surface area contributed by atoms with Crippen molar-refractivity contribution < 1.29 is 0 Å². The molecule has 0 saturated heterocycles. The topological polar surface area (TPSA) is 30.7 Å². The Balaban J connectivity index is 1.51. The maximum atomic E-state index is 4.98. The van der Waals surface area contributed by atoms with Crippen LogP contribution in [-0.2, 0) is 0 Å². The first-order valence-electron chi connectivity index (χ1n) is 15.8. The third-order valence-electron chi connectivity index (χ3n) is 8.53. The number of rotatable bonds is 6. The summed E-state index contributed by atoms with van der Waals surface area (Å²) < 4.78 is 2.22. The van der Waals surface area contributed by atoms with Gasteiger partial charge in [-0.3, -0.25) is 4.57 Å². The molecule has 3 nitrogen and oxygen atoms in total. The number of nitrogens with zero attached hydrogens (tertiary/aromatic N) is 3. The van der Waals surface area contributed by atoms with Gasteiger partial charge in [-0.15, -0.1) is 10.2 Å². The Morgan fingerprint density at radius 3 is 1.37 bits per heavy atom. The monoisotopic (exact) mass is 595 g/mol. The average Bonchev–Trinajstić information content (AvgIpc) is 3.49. The van der Waals surface area contributed by atoms with Gasteiger partial charge in [-0.25, -0.2) is 0 Å². The van der Waals surface area contributed by atoms with Gasteiger partial charge in [0.1, 0.15) is 0 Å². The molecule has 0 fully saturated rings. The van der Waals surface area contributed by atoms with Crippen LogP contribution in [0.25, 0.3) is 61.8 Å². The molecule has 0 aliphatic heterocycles. The molecular weight excluding hydrogens is 558 g/mol. The minimum atomic E-state index is 0.807. The first-order chi connectivity index (χ1) is 22.3. The van der Waals surface area contributed by atoms with Gasteiger partial charge in [0.2, 0.25) is 0 Å². The summed E-state index contributed by atoms with van der Waals surface area (Å²) >= 11 is 0. The standard InChI is InChI=1S/C43H37N3/c1-28-16-18-38(40(26-28)35-22-29(2)20-30(3)23-35)42-44-45-43(46(42)37-14-10-7-11-15-37)39-19-17-34(33-12-8-6-9-13-33)27-41(39)36-24-31(4)21-32(5)25-36/h6-27H,1-5H3. The van der Waals surface area contributed by atoms with Crippen LogP contribution in [-0.4, -0.2) is 14.8 Å². The smallest absolute Gasteiger partial charge is 0.169 e. The van der Waals surface area contributed by atoms with Crippen molar-refractivity contribution in [1.82, 2.24) is 14.8 Å². The highest BCUT2D eigenvalue weighted by Gasteiger charge is 2.23. The van der Waals surface area contributed by atoms with Crippen molar-refractivity contribution in [2.45, 2.75) is 34.6 Å². The number of hydrogen-bond donors (Lipinski definition) is 0. The maximum absolute atomic E-state index is 4.98. The van der Waals surface area contributed by atoms with E-state index in [9.17, 15) is 0 Å². The van der Waals surface area contributed by atoms with E-state index in [2.05, 4.69) is 173 Å². The van der Waals surface area contributed by atoms with Crippen molar-refractivity contribution in [3.05, 3.63) is 161 Å². The van der Waals surface area contributed by atoms with Gasteiger partial charge in [0.15, 0.2) is 11.6 Å². The molecule has 0 aliphatic carbocycles. The lowest BCUT2D eigenvalue weighted by Gasteiger charge is -2.17. The Morgan fingerprint density at radius 2 is 0.826 bits per heavy atom. The van der Waals surface area contributed by atoms with Gasteiger partial charge in [0, 0.05) is 16.8 Å².